The van der Waals surface area contributed by atoms with Crippen molar-refractivity contribution in [3.8, 4) is 0 Å². The fraction of sp³-hybridized carbons (Fsp3) is 0.476. The van der Waals surface area contributed by atoms with Gasteiger partial charge in [0.05, 0.1) is 6.54 Å². The van der Waals surface area contributed by atoms with Gasteiger partial charge in [0.15, 0.2) is 0 Å². The van der Waals surface area contributed by atoms with Crippen LogP contribution >= 0.6 is 11.6 Å². The SMILES string of the molecule is CC(C)[C@H](C)N(Cc1cccn1Cc1cccc(Cl)c1)C(=O)C1CC1. The number of benzene rings is 1. The molecule has 2 aromatic rings. The van der Waals surface area contributed by atoms with E-state index >= 15 is 0 Å². The number of carbonyl (C=O) groups is 1. The van der Waals surface area contributed by atoms with Gasteiger partial charge in [0.2, 0.25) is 5.91 Å². The Bertz CT molecular complexity index is 733. The minimum atomic E-state index is 0.239. The highest BCUT2D eigenvalue weighted by molar-refractivity contribution is 6.30. The zero-order chi connectivity index (χ0) is 18.0. The molecular formula is C21H27ClN2O. The van der Waals surface area contributed by atoms with Gasteiger partial charge in [-0.25, -0.2) is 0 Å². The van der Waals surface area contributed by atoms with Crippen LogP contribution < -0.4 is 0 Å². The lowest BCUT2D eigenvalue weighted by molar-refractivity contribution is -0.136. The molecule has 3 rings (SSSR count). The van der Waals surface area contributed by atoms with Crippen LogP contribution in [0.15, 0.2) is 42.6 Å². The number of hydrogen-bond donors (Lipinski definition) is 0. The van der Waals surface area contributed by atoms with Crippen LogP contribution in [0.1, 0.15) is 44.9 Å². The average Bonchev–Trinajstić information content (AvgIpc) is 3.33. The summed E-state index contributed by atoms with van der Waals surface area (Å²) in [6.45, 7) is 7.97. The van der Waals surface area contributed by atoms with Crippen LogP contribution in [0.5, 0.6) is 0 Å². The molecule has 134 valence electrons. The molecule has 25 heavy (non-hydrogen) atoms. The van der Waals surface area contributed by atoms with Gasteiger partial charge in [0, 0.05) is 35.4 Å². The van der Waals surface area contributed by atoms with E-state index in [0.29, 0.717) is 18.4 Å². The molecule has 1 atom stereocenters. The van der Waals surface area contributed by atoms with Gasteiger partial charge in [-0.15, -0.1) is 0 Å². The van der Waals surface area contributed by atoms with Gasteiger partial charge in [-0.2, -0.15) is 0 Å². The average molecular weight is 359 g/mol. The zero-order valence-corrected chi connectivity index (χ0v) is 16.0. The summed E-state index contributed by atoms with van der Waals surface area (Å²) in [5.74, 6) is 1.01. The third-order valence-electron chi connectivity index (χ3n) is 5.16. The van der Waals surface area contributed by atoms with Crippen LogP contribution in [0.3, 0.4) is 0 Å². The molecule has 4 heteroatoms. The molecule has 1 heterocycles. The van der Waals surface area contributed by atoms with Gasteiger partial charge in [-0.05, 0) is 55.5 Å². The second-order valence-corrected chi connectivity index (χ2v) is 7.92. The molecule has 1 aliphatic rings. The molecule has 3 nitrogen and oxygen atoms in total. The van der Waals surface area contributed by atoms with Crippen LogP contribution in [-0.4, -0.2) is 21.4 Å². The Morgan fingerprint density at radius 1 is 1.24 bits per heavy atom. The third-order valence-corrected chi connectivity index (χ3v) is 5.40. The molecule has 1 saturated carbocycles. The van der Waals surface area contributed by atoms with Crippen LogP contribution in [0.25, 0.3) is 0 Å². The van der Waals surface area contributed by atoms with Crippen molar-refractivity contribution >= 4 is 17.5 Å². The normalized spacial score (nSPS) is 15.4. The van der Waals surface area contributed by atoms with E-state index < -0.39 is 0 Å². The maximum atomic E-state index is 12.8. The minimum Gasteiger partial charge on any atom is -0.345 e. The minimum absolute atomic E-state index is 0.239. The van der Waals surface area contributed by atoms with E-state index in [1.165, 1.54) is 11.3 Å². The largest absolute Gasteiger partial charge is 0.345 e. The smallest absolute Gasteiger partial charge is 0.226 e. The lowest BCUT2D eigenvalue weighted by Crippen LogP contribution is -2.42. The van der Waals surface area contributed by atoms with Gasteiger partial charge in [0.25, 0.3) is 0 Å². The summed E-state index contributed by atoms with van der Waals surface area (Å²) < 4.78 is 2.21. The van der Waals surface area contributed by atoms with Gasteiger partial charge in [0.1, 0.15) is 0 Å². The van der Waals surface area contributed by atoms with E-state index in [4.69, 9.17) is 11.6 Å². The molecule has 0 saturated heterocycles. The van der Waals surface area contributed by atoms with Crippen molar-refractivity contribution in [3.63, 3.8) is 0 Å². The molecule has 1 amide bonds. The number of aromatic nitrogens is 1. The van der Waals surface area contributed by atoms with Gasteiger partial charge >= 0.3 is 0 Å². The van der Waals surface area contributed by atoms with E-state index in [-0.39, 0.29) is 12.0 Å². The van der Waals surface area contributed by atoms with Crippen LogP contribution in [0.2, 0.25) is 5.02 Å². The molecule has 0 N–H and O–H groups in total. The number of amides is 1. The Labute approximate surface area is 155 Å². The Hall–Kier alpha value is -1.74. The molecule has 0 aliphatic heterocycles. The summed E-state index contributed by atoms with van der Waals surface area (Å²) in [4.78, 5) is 14.9. The van der Waals surface area contributed by atoms with Crippen LogP contribution in [-0.2, 0) is 17.9 Å². The quantitative estimate of drug-likeness (QED) is 0.685. The van der Waals surface area contributed by atoms with Gasteiger partial charge < -0.3 is 9.47 Å². The zero-order valence-electron chi connectivity index (χ0n) is 15.3. The number of halogens is 1. The fourth-order valence-corrected chi connectivity index (χ4v) is 3.31. The monoisotopic (exact) mass is 358 g/mol. The summed E-state index contributed by atoms with van der Waals surface area (Å²) in [7, 11) is 0. The Kier molecular flexibility index (Phi) is 5.53. The van der Waals surface area contributed by atoms with Crippen molar-refractivity contribution < 1.29 is 4.79 Å². The highest BCUT2D eigenvalue weighted by Gasteiger charge is 2.36. The number of hydrogen-bond acceptors (Lipinski definition) is 1. The van der Waals surface area contributed by atoms with Gasteiger partial charge in [-0.3, -0.25) is 4.79 Å². The molecule has 1 aromatic carbocycles. The van der Waals surface area contributed by atoms with Crippen molar-refractivity contribution in [1.29, 1.82) is 0 Å². The fourth-order valence-electron chi connectivity index (χ4n) is 3.10. The third kappa shape index (κ3) is 4.46. The first kappa shape index (κ1) is 18.1. The molecule has 0 bridgehead atoms. The van der Waals surface area contributed by atoms with Crippen molar-refractivity contribution in [3.05, 3.63) is 58.9 Å². The van der Waals surface area contributed by atoms with Crippen LogP contribution in [0.4, 0.5) is 0 Å². The Morgan fingerprint density at radius 3 is 2.64 bits per heavy atom. The number of carbonyl (C=O) groups excluding carboxylic acids is 1. The van der Waals surface area contributed by atoms with E-state index in [1.54, 1.807) is 0 Å². The predicted octanol–water partition coefficient (Wildman–Crippen LogP) is 4.97. The molecule has 0 spiro atoms. The summed E-state index contributed by atoms with van der Waals surface area (Å²) >= 11 is 6.11. The first-order chi connectivity index (χ1) is 12.0. The Balaban J connectivity index is 1.78. The summed E-state index contributed by atoms with van der Waals surface area (Å²) in [6, 6.07) is 12.4. The van der Waals surface area contributed by atoms with Crippen LogP contribution in [0, 0.1) is 11.8 Å². The van der Waals surface area contributed by atoms with E-state index in [9.17, 15) is 4.79 Å². The second-order valence-electron chi connectivity index (χ2n) is 7.48. The highest BCUT2D eigenvalue weighted by atomic mass is 35.5. The second kappa shape index (κ2) is 7.65. The van der Waals surface area contributed by atoms with E-state index in [0.717, 1.165) is 24.4 Å². The molecule has 1 aromatic heterocycles. The van der Waals surface area contributed by atoms with Crippen molar-refractivity contribution in [2.75, 3.05) is 0 Å². The number of rotatable bonds is 7. The standard InChI is InChI=1S/C21H27ClN2O/c1-15(2)16(3)24(21(25)18-9-10-18)14-20-8-5-11-23(20)13-17-6-4-7-19(22)12-17/h4-8,11-12,15-16,18H,9-10,13-14H2,1-3H3/t16-/m0/s1. The first-order valence-corrected chi connectivity index (χ1v) is 9.52. The maximum absolute atomic E-state index is 12.8. The van der Waals surface area contributed by atoms with Crippen molar-refractivity contribution in [2.24, 2.45) is 11.8 Å². The molecule has 1 fully saturated rings. The summed E-state index contributed by atoms with van der Waals surface area (Å²) in [5.41, 5.74) is 2.34. The van der Waals surface area contributed by atoms with E-state index in [2.05, 4.69) is 54.6 Å². The van der Waals surface area contributed by atoms with Crippen molar-refractivity contribution in [1.82, 2.24) is 9.47 Å². The number of nitrogens with zero attached hydrogens (tertiary/aromatic N) is 2. The maximum Gasteiger partial charge on any atom is 0.226 e. The molecule has 1 aliphatic carbocycles. The summed E-state index contributed by atoms with van der Waals surface area (Å²) in [6.07, 6.45) is 4.17. The van der Waals surface area contributed by atoms with Gasteiger partial charge in [-0.1, -0.05) is 37.6 Å². The molecule has 0 radical (unpaired) electrons. The Morgan fingerprint density at radius 2 is 2.00 bits per heavy atom. The summed E-state index contributed by atoms with van der Waals surface area (Å²) in [5, 5.41) is 0.755. The lowest BCUT2D eigenvalue weighted by atomic mass is 10.0. The highest BCUT2D eigenvalue weighted by Crippen LogP contribution is 2.33. The molecule has 0 unspecified atom stereocenters. The van der Waals surface area contributed by atoms with E-state index in [1.807, 2.05) is 18.2 Å². The first-order valence-electron chi connectivity index (χ1n) is 9.14. The van der Waals surface area contributed by atoms with Crippen molar-refractivity contribution in [2.45, 2.75) is 52.7 Å². The predicted molar refractivity (Wildman–Crippen MR) is 103 cm³/mol. The molecular weight excluding hydrogens is 332 g/mol. The topological polar surface area (TPSA) is 25.2 Å². The lowest BCUT2D eigenvalue weighted by Gasteiger charge is -2.32.